The van der Waals surface area contributed by atoms with Crippen LogP contribution in [0.5, 0.6) is 5.75 Å². The van der Waals surface area contributed by atoms with Gasteiger partial charge in [0.05, 0.1) is 23.9 Å². The molecular weight excluding hydrogens is 555 g/mol. The van der Waals surface area contributed by atoms with Gasteiger partial charge in [-0.15, -0.1) is 0 Å². The van der Waals surface area contributed by atoms with Gasteiger partial charge in [-0.05, 0) is 86.7 Å². The SMILES string of the molecule is O=S(=O)(CN1CCC(c2ccnc3cnc4[nH]ccc4c23)CC1)N1CCCC(COc2ccc(C(F)(F)F)cc2)C1. The third-order valence-electron chi connectivity index (χ3n) is 8.24. The number of halogens is 3. The van der Waals surface area contributed by atoms with Crippen molar-refractivity contribution in [1.82, 2.24) is 24.2 Å². The number of benzene rings is 1. The van der Waals surface area contributed by atoms with Crippen LogP contribution in [0.25, 0.3) is 21.9 Å². The standard InChI is InChI=1S/C29H32F3N5O3S/c30-29(31,32)22-3-5-23(6-4-22)40-18-20-2-1-13-37(17-20)41(38,39)19-36-14-9-21(10-15-36)24-7-11-33-26-16-35-28-25(27(24)26)8-12-34-28/h3-8,11-12,16,20-21H,1-2,9-10,13-15,17-19H2,(H,34,35). The molecule has 0 saturated carbocycles. The van der Waals surface area contributed by atoms with Gasteiger partial charge >= 0.3 is 6.18 Å². The molecule has 3 aromatic heterocycles. The molecule has 2 saturated heterocycles. The Morgan fingerprint density at radius 1 is 1.00 bits per heavy atom. The first-order chi connectivity index (χ1) is 19.7. The van der Waals surface area contributed by atoms with E-state index in [1.54, 1.807) is 10.5 Å². The zero-order chi connectivity index (χ0) is 28.6. The van der Waals surface area contributed by atoms with Crippen LogP contribution < -0.4 is 4.74 Å². The Morgan fingerprint density at radius 3 is 2.54 bits per heavy atom. The van der Waals surface area contributed by atoms with Gasteiger partial charge in [0.1, 0.15) is 17.3 Å². The molecule has 0 spiro atoms. The summed E-state index contributed by atoms with van der Waals surface area (Å²) in [4.78, 5) is 14.1. The number of hydrogen-bond acceptors (Lipinski definition) is 6. The normalized spacial score (nSPS) is 20.1. The average molecular weight is 588 g/mol. The second-order valence-electron chi connectivity index (χ2n) is 11.0. The lowest BCUT2D eigenvalue weighted by Gasteiger charge is -2.36. The van der Waals surface area contributed by atoms with Crippen LogP contribution in [0.1, 0.15) is 42.7 Å². The molecule has 12 heteroatoms. The van der Waals surface area contributed by atoms with E-state index >= 15 is 0 Å². The molecule has 2 fully saturated rings. The largest absolute Gasteiger partial charge is 0.493 e. The minimum Gasteiger partial charge on any atom is -0.493 e. The number of nitrogens with one attached hydrogen (secondary N) is 1. The van der Waals surface area contributed by atoms with Crippen molar-refractivity contribution in [1.29, 1.82) is 0 Å². The molecule has 1 atom stereocenters. The monoisotopic (exact) mass is 587 g/mol. The van der Waals surface area contributed by atoms with Crippen molar-refractivity contribution in [2.75, 3.05) is 38.7 Å². The predicted molar refractivity (Wildman–Crippen MR) is 150 cm³/mol. The van der Waals surface area contributed by atoms with Crippen LogP contribution in [-0.4, -0.2) is 71.2 Å². The van der Waals surface area contributed by atoms with Crippen LogP contribution in [0.4, 0.5) is 13.2 Å². The van der Waals surface area contributed by atoms with E-state index in [0.717, 1.165) is 59.8 Å². The number of ether oxygens (including phenoxy) is 1. The maximum Gasteiger partial charge on any atom is 0.416 e. The molecule has 1 unspecified atom stereocenters. The van der Waals surface area contributed by atoms with Gasteiger partial charge in [0.2, 0.25) is 10.0 Å². The highest BCUT2D eigenvalue weighted by molar-refractivity contribution is 7.89. The molecule has 0 bridgehead atoms. The van der Waals surface area contributed by atoms with Crippen molar-refractivity contribution < 1.29 is 26.3 Å². The zero-order valence-corrected chi connectivity index (χ0v) is 23.3. The number of likely N-dealkylation sites (tertiary alicyclic amines) is 1. The second-order valence-corrected chi connectivity index (χ2v) is 12.9. The molecule has 6 rings (SSSR count). The Labute approximate surface area is 236 Å². The zero-order valence-electron chi connectivity index (χ0n) is 22.5. The molecule has 2 aliphatic rings. The van der Waals surface area contributed by atoms with Crippen LogP contribution in [0.3, 0.4) is 0 Å². The summed E-state index contributed by atoms with van der Waals surface area (Å²) in [5.74, 6) is 0.610. The van der Waals surface area contributed by atoms with Crippen molar-refractivity contribution in [2.45, 2.75) is 37.8 Å². The van der Waals surface area contributed by atoms with E-state index in [-0.39, 0.29) is 18.4 Å². The number of hydrogen-bond donors (Lipinski definition) is 1. The van der Waals surface area contributed by atoms with Crippen LogP contribution in [0.15, 0.2) is 55.0 Å². The molecule has 2 aliphatic heterocycles. The lowest BCUT2D eigenvalue weighted by Crippen LogP contribution is -2.47. The Hall–Kier alpha value is -3.22. The lowest BCUT2D eigenvalue weighted by atomic mass is 9.87. The number of aromatic nitrogens is 3. The Morgan fingerprint density at radius 2 is 1.78 bits per heavy atom. The molecular formula is C29H32F3N5O3S. The van der Waals surface area contributed by atoms with Crippen molar-refractivity contribution in [3.63, 3.8) is 0 Å². The van der Waals surface area contributed by atoms with Crippen molar-refractivity contribution in [3.05, 3.63) is 66.1 Å². The van der Waals surface area contributed by atoms with Crippen molar-refractivity contribution in [3.8, 4) is 5.75 Å². The van der Waals surface area contributed by atoms with Gasteiger partial charge in [0, 0.05) is 42.2 Å². The van der Waals surface area contributed by atoms with E-state index in [9.17, 15) is 21.6 Å². The fraction of sp³-hybridized carbons (Fsp3) is 0.448. The van der Waals surface area contributed by atoms with Crippen LogP contribution in [0.2, 0.25) is 0 Å². The molecule has 41 heavy (non-hydrogen) atoms. The van der Waals surface area contributed by atoms with E-state index < -0.39 is 21.8 Å². The number of pyridine rings is 2. The molecule has 0 radical (unpaired) electrons. The van der Waals surface area contributed by atoms with E-state index in [1.165, 1.54) is 17.7 Å². The van der Waals surface area contributed by atoms with Crippen molar-refractivity contribution in [2.24, 2.45) is 5.92 Å². The summed E-state index contributed by atoms with van der Waals surface area (Å²) >= 11 is 0. The van der Waals surface area contributed by atoms with E-state index in [1.807, 2.05) is 23.4 Å². The Balaban J connectivity index is 1.04. The van der Waals surface area contributed by atoms with Gasteiger partial charge in [-0.2, -0.15) is 13.2 Å². The molecule has 5 heterocycles. The van der Waals surface area contributed by atoms with E-state index in [4.69, 9.17) is 4.74 Å². The molecule has 218 valence electrons. The van der Waals surface area contributed by atoms with Crippen LogP contribution in [0, 0.1) is 5.92 Å². The molecule has 8 nitrogen and oxygen atoms in total. The topological polar surface area (TPSA) is 91.4 Å². The van der Waals surface area contributed by atoms with Gasteiger partial charge in [-0.1, -0.05) is 0 Å². The number of sulfonamides is 1. The molecule has 1 aromatic carbocycles. The second kappa shape index (κ2) is 11.2. The number of H-pyrrole nitrogens is 1. The number of piperidine rings is 2. The number of alkyl halides is 3. The minimum atomic E-state index is -4.40. The molecule has 4 aromatic rings. The first-order valence-corrected chi connectivity index (χ1v) is 15.5. The predicted octanol–water partition coefficient (Wildman–Crippen LogP) is 5.39. The fourth-order valence-corrected chi connectivity index (χ4v) is 7.80. The Kier molecular flexibility index (Phi) is 7.64. The first kappa shape index (κ1) is 27.9. The highest BCUT2D eigenvalue weighted by Crippen LogP contribution is 2.36. The van der Waals surface area contributed by atoms with Gasteiger partial charge in [0.25, 0.3) is 0 Å². The number of rotatable bonds is 7. The maximum atomic E-state index is 13.4. The number of fused-ring (bicyclic) bond motifs is 3. The van der Waals surface area contributed by atoms with Crippen molar-refractivity contribution >= 4 is 32.0 Å². The summed E-state index contributed by atoms with van der Waals surface area (Å²) in [5.41, 5.74) is 2.20. The summed E-state index contributed by atoms with van der Waals surface area (Å²) in [7, 11) is -3.50. The average Bonchev–Trinajstić information content (AvgIpc) is 3.45. The number of nitrogens with zero attached hydrogens (tertiary/aromatic N) is 4. The van der Waals surface area contributed by atoms with E-state index in [2.05, 4.69) is 21.0 Å². The molecule has 0 aliphatic carbocycles. The van der Waals surface area contributed by atoms with Crippen LogP contribution in [-0.2, 0) is 16.2 Å². The first-order valence-electron chi connectivity index (χ1n) is 13.9. The summed E-state index contributed by atoms with van der Waals surface area (Å²) in [6, 6.07) is 8.69. The quantitative estimate of drug-likeness (QED) is 0.312. The fourth-order valence-electron chi connectivity index (χ4n) is 6.08. The van der Waals surface area contributed by atoms with Crippen LogP contribution >= 0.6 is 0 Å². The summed E-state index contributed by atoms with van der Waals surface area (Å²) < 4.78 is 72.4. The third-order valence-corrected chi connectivity index (χ3v) is 10.0. The molecule has 1 N–H and O–H groups in total. The van der Waals surface area contributed by atoms with E-state index in [0.29, 0.717) is 37.8 Å². The summed E-state index contributed by atoms with van der Waals surface area (Å²) in [6.07, 6.45) is 4.34. The van der Waals surface area contributed by atoms with Gasteiger partial charge in [-0.25, -0.2) is 17.7 Å². The minimum absolute atomic E-state index is 0.0186. The Bertz CT molecular complexity index is 1620. The van der Waals surface area contributed by atoms with Gasteiger partial charge in [-0.3, -0.25) is 9.88 Å². The maximum absolute atomic E-state index is 13.4. The summed E-state index contributed by atoms with van der Waals surface area (Å²) in [5, 5.41) is 2.17. The van der Waals surface area contributed by atoms with Gasteiger partial charge in [0.15, 0.2) is 0 Å². The smallest absolute Gasteiger partial charge is 0.416 e. The highest BCUT2D eigenvalue weighted by atomic mass is 32.2. The summed E-state index contributed by atoms with van der Waals surface area (Å²) in [6.45, 7) is 2.45. The number of aromatic amines is 1. The molecule has 0 amide bonds. The van der Waals surface area contributed by atoms with Gasteiger partial charge < -0.3 is 9.72 Å². The lowest BCUT2D eigenvalue weighted by molar-refractivity contribution is -0.137. The third kappa shape index (κ3) is 6.05. The highest BCUT2D eigenvalue weighted by Gasteiger charge is 2.33.